The molecule has 1 aliphatic rings. The molecule has 0 unspecified atom stereocenters. The Bertz CT molecular complexity index is 200. The van der Waals surface area contributed by atoms with Gasteiger partial charge in [0.05, 0.1) is 18.3 Å². The van der Waals surface area contributed by atoms with Gasteiger partial charge in [-0.15, -0.1) is 0 Å². The predicted molar refractivity (Wildman–Crippen MR) is 46.2 cm³/mol. The minimum Gasteiger partial charge on any atom is -0.464 e. The van der Waals surface area contributed by atoms with E-state index in [4.69, 9.17) is 9.47 Å². The molecular formula is C9H16O4. The normalized spacial score (nSPS) is 31.7. The summed E-state index contributed by atoms with van der Waals surface area (Å²) in [5, 5.41) is 9.51. The second-order valence-electron chi connectivity index (χ2n) is 3.71. The van der Waals surface area contributed by atoms with E-state index >= 15 is 0 Å². The van der Waals surface area contributed by atoms with Crippen LogP contribution in [0.3, 0.4) is 0 Å². The predicted octanol–water partition coefficient (Wildman–Crippen LogP) is 0.478. The molecule has 0 aromatic heterocycles. The van der Waals surface area contributed by atoms with Crippen LogP contribution >= 0.6 is 0 Å². The molecule has 0 spiro atoms. The third-order valence-corrected chi connectivity index (χ3v) is 2.24. The lowest BCUT2D eigenvalue weighted by Crippen LogP contribution is -2.32. The second kappa shape index (κ2) is 3.64. The summed E-state index contributed by atoms with van der Waals surface area (Å²) in [5.74, 6) is -0.382. The molecule has 1 saturated heterocycles. The maximum atomic E-state index is 11.2. The first-order chi connectivity index (χ1) is 5.97. The van der Waals surface area contributed by atoms with Crippen molar-refractivity contribution in [3.8, 4) is 0 Å². The summed E-state index contributed by atoms with van der Waals surface area (Å²) in [4.78, 5) is 11.2. The summed E-state index contributed by atoms with van der Waals surface area (Å²) in [6.07, 6.45) is -0.877. The van der Waals surface area contributed by atoms with E-state index in [-0.39, 0.29) is 5.97 Å². The van der Waals surface area contributed by atoms with Crippen LogP contribution in [0.5, 0.6) is 0 Å². The summed E-state index contributed by atoms with van der Waals surface area (Å²) < 4.78 is 10.1. The number of carbonyl (C=O) groups is 1. The Balaban J connectivity index is 2.53. The topological polar surface area (TPSA) is 55.8 Å². The fourth-order valence-electron chi connectivity index (χ4n) is 1.36. The molecule has 1 aliphatic heterocycles. The molecule has 0 amide bonds. The molecule has 0 radical (unpaired) electrons. The minimum atomic E-state index is -0.641. The van der Waals surface area contributed by atoms with E-state index in [2.05, 4.69) is 0 Å². The van der Waals surface area contributed by atoms with Crippen molar-refractivity contribution in [2.24, 2.45) is 0 Å². The van der Waals surface area contributed by atoms with Gasteiger partial charge in [-0.1, -0.05) is 0 Å². The van der Waals surface area contributed by atoms with Gasteiger partial charge in [-0.05, 0) is 20.8 Å². The molecule has 0 bridgehead atoms. The van der Waals surface area contributed by atoms with Crippen molar-refractivity contribution in [3.63, 3.8) is 0 Å². The molecule has 0 saturated carbocycles. The van der Waals surface area contributed by atoms with Crippen LogP contribution in [0.1, 0.15) is 27.2 Å². The Morgan fingerprint density at radius 2 is 2.31 bits per heavy atom. The molecule has 1 N–H and O–H groups in total. The Morgan fingerprint density at radius 3 is 2.69 bits per heavy atom. The van der Waals surface area contributed by atoms with Gasteiger partial charge >= 0.3 is 5.97 Å². The smallest absolute Gasteiger partial charge is 0.335 e. The average molecular weight is 188 g/mol. The Kier molecular flexibility index (Phi) is 2.93. The van der Waals surface area contributed by atoms with Gasteiger partial charge in [-0.2, -0.15) is 0 Å². The van der Waals surface area contributed by atoms with Crippen molar-refractivity contribution in [1.29, 1.82) is 0 Å². The van der Waals surface area contributed by atoms with Crippen LogP contribution in [-0.2, 0) is 14.3 Å². The van der Waals surface area contributed by atoms with Crippen LogP contribution in [0.15, 0.2) is 0 Å². The first-order valence-electron chi connectivity index (χ1n) is 4.50. The van der Waals surface area contributed by atoms with Gasteiger partial charge in [0.15, 0.2) is 6.10 Å². The quantitative estimate of drug-likeness (QED) is 0.640. The summed E-state index contributed by atoms with van der Waals surface area (Å²) in [6.45, 7) is 5.61. The van der Waals surface area contributed by atoms with Crippen LogP contribution in [0.2, 0.25) is 0 Å². The zero-order valence-corrected chi connectivity index (χ0v) is 8.24. The van der Waals surface area contributed by atoms with Crippen LogP contribution in [-0.4, -0.2) is 35.5 Å². The van der Waals surface area contributed by atoms with Crippen molar-refractivity contribution < 1.29 is 19.4 Å². The van der Waals surface area contributed by atoms with Crippen LogP contribution in [0, 0.1) is 0 Å². The van der Waals surface area contributed by atoms with Gasteiger partial charge < -0.3 is 14.6 Å². The van der Waals surface area contributed by atoms with Crippen molar-refractivity contribution in [3.05, 3.63) is 0 Å². The Morgan fingerprint density at radius 1 is 1.69 bits per heavy atom. The summed E-state index contributed by atoms with van der Waals surface area (Å²) in [7, 11) is 0. The van der Waals surface area contributed by atoms with Crippen molar-refractivity contribution in [2.75, 3.05) is 6.61 Å². The summed E-state index contributed by atoms with van der Waals surface area (Å²) in [5.41, 5.74) is -0.641. The SMILES string of the molecule is CCOC(=O)[C@H]1C[C@@H](O)C(C)(C)O1. The molecule has 4 nitrogen and oxygen atoms in total. The molecule has 13 heavy (non-hydrogen) atoms. The zero-order chi connectivity index (χ0) is 10.1. The molecule has 0 aromatic rings. The van der Waals surface area contributed by atoms with Crippen LogP contribution in [0.4, 0.5) is 0 Å². The first kappa shape index (κ1) is 10.5. The zero-order valence-electron chi connectivity index (χ0n) is 8.24. The van der Waals surface area contributed by atoms with Crippen molar-refractivity contribution in [1.82, 2.24) is 0 Å². The largest absolute Gasteiger partial charge is 0.464 e. The average Bonchev–Trinajstić information content (AvgIpc) is 2.27. The molecule has 0 aromatic carbocycles. The van der Waals surface area contributed by atoms with Gasteiger partial charge in [-0.25, -0.2) is 4.79 Å². The van der Waals surface area contributed by atoms with Gasteiger partial charge in [0.2, 0.25) is 0 Å². The number of esters is 1. The highest BCUT2D eigenvalue weighted by Crippen LogP contribution is 2.30. The third-order valence-electron chi connectivity index (χ3n) is 2.24. The molecular weight excluding hydrogens is 172 g/mol. The highest BCUT2D eigenvalue weighted by Gasteiger charge is 2.44. The lowest BCUT2D eigenvalue weighted by atomic mass is 10.0. The number of rotatable bonds is 2. The van der Waals surface area contributed by atoms with Gasteiger partial charge in [0, 0.05) is 6.42 Å². The van der Waals surface area contributed by atoms with Gasteiger partial charge in [0.1, 0.15) is 0 Å². The first-order valence-corrected chi connectivity index (χ1v) is 4.50. The second-order valence-corrected chi connectivity index (χ2v) is 3.71. The standard InChI is InChI=1S/C9H16O4/c1-4-12-8(11)6-5-7(10)9(2,3)13-6/h6-7,10H,4-5H2,1-3H3/t6-,7-/m1/s1. The monoisotopic (exact) mass is 188 g/mol. The number of aliphatic hydroxyl groups excluding tert-OH is 1. The molecule has 4 heteroatoms. The Labute approximate surface area is 77.8 Å². The number of hydrogen-bond donors (Lipinski definition) is 1. The van der Waals surface area contributed by atoms with E-state index in [1.54, 1.807) is 20.8 Å². The van der Waals surface area contributed by atoms with E-state index in [1.165, 1.54) is 0 Å². The molecule has 1 fully saturated rings. The maximum Gasteiger partial charge on any atom is 0.335 e. The fraction of sp³-hybridized carbons (Fsp3) is 0.889. The van der Waals surface area contributed by atoms with Crippen LogP contribution in [0.25, 0.3) is 0 Å². The molecule has 2 atom stereocenters. The van der Waals surface area contributed by atoms with Gasteiger partial charge in [-0.3, -0.25) is 0 Å². The van der Waals surface area contributed by atoms with Crippen molar-refractivity contribution >= 4 is 5.97 Å². The minimum absolute atomic E-state index is 0.325. The van der Waals surface area contributed by atoms with E-state index < -0.39 is 17.8 Å². The maximum absolute atomic E-state index is 11.2. The number of hydrogen-bond acceptors (Lipinski definition) is 4. The van der Waals surface area contributed by atoms with E-state index in [0.29, 0.717) is 13.0 Å². The molecule has 0 aliphatic carbocycles. The fourth-order valence-corrected chi connectivity index (χ4v) is 1.36. The Hall–Kier alpha value is -0.610. The van der Waals surface area contributed by atoms with E-state index in [1.807, 2.05) is 0 Å². The number of carbonyl (C=O) groups excluding carboxylic acids is 1. The highest BCUT2D eigenvalue weighted by atomic mass is 16.6. The lowest BCUT2D eigenvalue weighted by Gasteiger charge is -2.21. The molecule has 76 valence electrons. The molecule has 1 rings (SSSR count). The van der Waals surface area contributed by atoms with Gasteiger partial charge in [0.25, 0.3) is 0 Å². The van der Waals surface area contributed by atoms with E-state index in [0.717, 1.165) is 0 Å². The lowest BCUT2D eigenvalue weighted by molar-refractivity contribution is -0.159. The third kappa shape index (κ3) is 2.19. The van der Waals surface area contributed by atoms with Crippen molar-refractivity contribution in [2.45, 2.75) is 45.0 Å². The highest BCUT2D eigenvalue weighted by molar-refractivity contribution is 5.75. The summed E-state index contributed by atoms with van der Waals surface area (Å²) >= 11 is 0. The number of ether oxygens (including phenoxy) is 2. The van der Waals surface area contributed by atoms with E-state index in [9.17, 15) is 9.90 Å². The molecule has 1 heterocycles. The summed E-state index contributed by atoms with van der Waals surface area (Å²) in [6, 6.07) is 0. The number of aliphatic hydroxyl groups is 1. The van der Waals surface area contributed by atoms with Crippen LogP contribution < -0.4 is 0 Å².